The zero-order valence-electron chi connectivity index (χ0n) is 11.5. The highest BCUT2D eigenvalue weighted by atomic mass is 16.5. The number of nitriles is 1. The molecular formula is C14H19N3O2. The average Bonchev–Trinajstić information content (AvgIpc) is 2.38. The van der Waals surface area contributed by atoms with Crippen LogP contribution in [0.3, 0.4) is 0 Å². The summed E-state index contributed by atoms with van der Waals surface area (Å²) in [5.74, 6) is -0.0589. The molecule has 1 aromatic rings. The van der Waals surface area contributed by atoms with Crippen LogP contribution in [-0.2, 0) is 9.53 Å². The molecule has 1 N–H and O–H groups in total. The fourth-order valence-corrected chi connectivity index (χ4v) is 1.71. The van der Waals surface area contributed by atoms with Crippen LogP contribution >= 0.6 is 0 Å². The molecular weight excluding hydrogens is 242 g/mol. The number of hydrogen-bond donors (Lipinski definition) is 1. The molecule has 1 rings (SSSR count). The van der Waals surface area contributed by atoms with Crippen molar-refractivity contribution in [3.63, 3.8) is 0 Å². The Morgan fingerprint density at radius 1 is 1.47 bits per heavy atom. The van der Waals surface area contributed by atoms with Gasteiger partial charge in [0, 0.05) is 25.9 Å². The number of anilines is 1. The number of carbonyl (C=O) groups is 1. The third-order valence-corrected chi connectivity index (χ3v) is 2.64. The lowest BCUT2D eigenvalue weighted by Crippen LogP contribution is -2.41. The summed E-state index contributed by atoms with van der Waals surface area (Å²) in [5.41, 5.74) is 1.50. The Hall–Kier alpha value is -2.06. The molecule has 0 saturated heterocycles. The molecule has 0 spiro atoms. The van der Waals surface area contributed by atoms with Crippen LogP contribution in [0.4, 0.5) is 5.69 Å². The highest BCUT2D eigenvalue weighted by Crippen LogP contribution is 2.12. The zero-order chi connectivity index (χ0) is 14.3. The number of likely N-dealkylation sites (N-methyl/N-ethyl adjacent to an activating group) is 1. The highest BCUT2D eigenvalue weighted by Gasteiger charge is 2.10. The molecule has 0 aliphatic carbocycles. The zero-order valence-corrected chi connectivity index (χ0v) is 11.5. The van der Waals surface area contributed by atoms with Crippen molar-refractivity contribution in [2.24, 2.45) is 0 Å². The topological polar surface area (TPSA) is 65.4 Å². The molecule has 0 saturated carbocycles. The van der Waals surface area contributed by atoms with Crippen molar-refractivity contribution in [2.45, 2.75) is 13.0 Å². The molecule has 0 bridgehead atoms. The largest absolute Gasteiger partial charge is 0.383 e. The van der Waals surface area contributed by atoms with Crippen molar-refractivity contribution in [1.82, 2.24) is 5.32 Å². The Morgan fingerprint density at radius 3 is 2.63 bits per heavy atom. The van der Waals surface area contributed by atoms with Gasteiger partial charge in [-0.3, -0.25) is 4.79 Å². The van der Waals surface area contributed by atoms with Crippen molar-refractivity contribution in [2.75, 3.05) is 32.2 Å². The van der Waals surface area contributed by atoms with Gasteiger partial charge in [-0.25, -0.2) is 0 Å². The Kier molecular flexibility index (Phi) is 5.83. The van der Waals surface area contributed by atoms with Crippen LogP contribution in [0, 0.1) is 11.3 Å². The van der Waals surface area contributed by atoms with Gasteiger partial charge in [0.15, 0.2) is 0 Å². The Bertz CT molecular complexity index is 451. The number of amides is 1. The minimum Gasteiger partial charge on any atom is -0.383 e. The summed E-state index contributed by atoms with van der Waals surface area (Å²) >= 11 is 0. The van der Waals surface area contributed by atoms with Gasteiger partial charge in [0.2, 0.25) is 5.91 Å². The maximum Gasteiger partial charge on any atom is 0.239 e. The molecule has 102 valence electrons. The first kappa shape index (κ1) is 15.0. The molecule has 1 aromatic carbocycles. The van der Waals surface area contributed by atoms with Gasteiger partial charge in [-0.1, -0.05) is 0 Å². The summed E-state index contributed by atoms with van der Waals surface area (Å²) in [6.07, 6.45) is 0. The van der Waals surface area contributed by atoms with E-state index in [1.807, 2.05) is 31.0 Å². The first-order valence-corrected chi connectivity index (χ1v) is 6.06. The second-order valence-corrected chi connectivity index (χ2v) is 4.44. The minimum absolute atomic E-state index is 0.00753. The van der Waals surface area contributed by atoms with E-state index in [0.717, 1.165) is 5.69 Å². The predicted molar refractivity (Wildman–Crippen MR) is 73.9 cm³/mol. The Labute approximate surface area is 113 Å². The molecule has 5 nitrogen and oxygen atoms in total. The van der Waals surface area contributed by atoms with Crippen LogP contribution in [0.1, 0.15) is 12.5 Å². The lowest BCUT2D eigenvalue weighted by atomic mass is 10.2. The molecule has 0 radical (unpaired) electrons. The number of nitrogens with zero attached hydrogens (tertiary/aromatic N) is 2. The van der Waals surface area contributed by atoms with E-state index < -0.39 is 0 Å². The molecule has 1 atom stereocenters. The van der Waals surface area contributed by atoms with Crippen molar-refractivity contribution in [3.8, 4) is 6.07 Å². The summed E-state index contributed by atoms with van der Waals surface area (Å²) < 4.78 is 4.96. The molecule has 0 aliphatic heterocycles. The lowest BCUT2D eigenvalue weighted by molar-refractivity contribution is -0.120. The number of ether oxygens (including phenoxy) is 1. The molecule has 0 heterocycles. The number of carbonyl (C=O) groups excluding carboxylic acids is 1. The van der Waals surface area contributed by atoms with Gasteiger partial charge in [-0.05, 0) is 31.2 Å². The van der Waals surface area contributed by atoms with E-state index >= 15 is 0 Å². The van der Waals surface area contributed by atoms with E-state index in [2.05, 4.69) is 11.4 Å². The van der Waals surface area contributed by atoms with E-state index in [0.29, 0.717) is 12.2 Å². The van der Waals surface area contributed by atoms with Crippen LogP contribution in [0.15, 0.2) is 24.3 Å². The second-order valence-electron chi connectivity index (χ2n) is 4.44. The van der Waals surface area contributed by atoms with Gasteiger partial charge in [-0.2, -0.15) is 5.26 Å². The summed E-state index contributed by atoms with van der Waals surface area (Å²) in [7, 11) is 3.44. The molecule has 1 amide bonds. The highest BCUT2D eigenvalue weighted by molar-refractivity contribution is 5.81. The molecule has 5 heteroatoms. The molecule has 1 unspecified atom stereocenters. The standard InChI is InChI=1S/C14H19N3O2/c1-11(10-19-3)16-14(18)9-17(2)13-6-4-12(8-15)5-7-13/h4-7,11H,9-10H2,1-3H3,(H,16,18). The number of hydrogen-bond acceptors (Lipinski definition) is 4. The lowest BCUT2D eigenvalue weighted by Gasteiger charge is -2.20. The maximum atomic E-state index is 11.8. The van der Waals surface area contributed by atoms with E-state index in [-0.39, 0.29) is 18.5 Å². The van der Waals surface area contributed by atoms with Gasteiger partial charge < -0.3 is 15.0 Å². The first-order chi connectivity index (χ1) is 9.06. The average molecular weight is 261 g/mol. The molecule has 19 heavy (non-hydrogen) atoms. The third-order valence-electron chi connectivity index (χ3n) is 2.64. The molecule has 0 aromatic heterocycles. The van der Waals surface area contributed by atoms with Gasteiger partial charge in [-0.15, -0.1) is 0 Å². The molecule has 0 aliphatic rings. The summed E-state index contributed by atoms with van der Waals surface area (Å²) in [6, 6.07) is 9.17. The van der Waals surface area contributed by atoms with E-state index in [4.69, 9.17) is 10.00 Å². The Balaban J connectivity index is 2.51. The Morgan fingerprint density at radius 2 is 2.11 bits per heavy atom. The smallest absolute Gasteiger partial charge is 0.239 e. The van der Waals surface area contributed by atoms with E-state index in [9.17, 15) is 4.79 Å². The molecule has 0 fully saturated rings. The van der Waals surface area contributed by atoms with Crippen molar-refractivity contribution in [1.29, 1.82) is 5.26 Å². The van der Waals surface area contributed by atoms with Crippen LogP contribution in [0.5, 0.6) is 0 Å². The van der Waals surface area contributed by atoms with Crippen LogP contribution in [0.2, 0.25) is 0 Å². The monoisotopic (exact) mass is 261 g/mol. The van der Waals surface area contributed by atoms with Crippen LogP contribution in [-0.4, -0.2) is 39.3 Å². The normalized spacial score (nSPS) is 11.5. The van der Waals surface area contributed by atoms with Gasteiger partial charge in [0.25, 0.3) is 0 Å². The van der Waals surface area contributed by atoms with E-state index in [1.54, 1.807) is 19.2 Å². The van der Waals surface area contributed by atoms with Crippen molar-refractivity contribution in [3.05, 3.63) is 29.8 Å². The third kappa shape index (κ3) is 4.98. The van der Waals surface area contributed by atoms with Crippen LogP contribution in [0.25, 0.3) is 0 Å². The van der Waals surface area contributed by atoms with Crippen molar-refractivity contribution >= 4 is 11.6 Å². The van der Waals surface area contributed by atoms with Gasteiger partial charge >= 0.3 is 0 Å². The number of nitrogens with one attached hydrogen (secondary N) is 1. The quantitative estimate of drug-likeness (QED) is 0.834. The number of rotatable bonds is 6. The van der Waals surface area contributed by atoms with Crippen LogP contribution < -0.4 is 10.2 Å². The fraction of sp³-hybridized carbons (Fsp3) is 0.429. The predicted octanol–water partition coefficient (Wildman–Crippen LogP) is 1.15. The van der Waals surface area contributed by atoms with Gasteiger partial charge in [0.05, 0.1) is 24.8 Å². The fourth-order valence-electron chi connectivity index (χ4n) is 1.71. The van der Waals surface area contributed by atoms with Gasteiger partial charge in [0.1, 0.15) is 0 Å². The summed E-state index contributed by atoms with van der Waals surface area (Å²) in [5, 5.41) is 11.6. The van der Waals surface area contributed by atoms with Crippen molar-refractivity contribution < 1.29 is 9.53 Å². The minimum atomic E-state index is -0.0589. The second kappa shape index (κ2) is 7.39. The number of methoxy groups -OCH3 is 1. The SMILES string of the molecule is COCC(C)NC(=O)CN(C)c1ccc(C#N)cc1. The maximum absolute atomic E-state index is 11.8. The van der Waals surface area contributed by atoms with E-state index in [1.165, 1.54) is 0 Å². The summed E-state index contributed by atoms with van der Waals surface area (Å²) in [6.45, 7) is 2.65. The summed E-state index contributed by atoms with van der Waals surface area (Å²) in [4.78, 5) is 13.6. The first-order valence-electron chi connectivity index (χ1n) is 6.06. The number of benzene rings is 1.